The Morgan fingerprint density at radius 1 is 1.22 bits per heavy atom. The molecule has 27 heavy (non-hydrogen) atoms. The van der Waals surface area contributed by atoms with Gasteiger partial charge >= 0.3 is 13.1 Å². The number of hydrogen-bond acceptors (Lipinski definition) is 5. The number of ether oxygens (including phenoxy) is 1. The molecule has 1 amide bonds. The van der Waals surface area contributed by atoms with Crippen LogP contribution in [0, 0.1) is 0 Å². The highest BCUT2D eigenvalue weighted by Crippen LogP contribution is 2.39. The van der Waals surface area contributed by atoms with Gasteiger partial charge in [-0.25, -0.2) is 4.79 Å². The number of nitrogens with one attached hydrogen (secondary N) is 1. The minimum absolute atomic E-state index is 0.128. The molecule has 2 N–H and O–H groups in total. The van der Waals surface area contributed by atoms with Gasteiger partial charge in [-0.3, -0.25) is 4.79 Å². The topological polar surface area (TPSA) is 94.1 Å². The molecule has 1 aliphatic heterocycles. The van der Waals surface area contributed by atoms with Crippen LogP contribution < -0.4 is 10.1 Å². The SMILES string of the molecule is COc1cc(C(=O)O)ccc1C=C(CNC(C)=O)B1OC(C)(C)C(C)(C)O1. The maximum atomic E-state index is 11.4. The highest BCUT2D eigenvalue weighted by molar-refractivity contribution is 6.56. The van der Waals surface area contributed by atoms with Crippen LogP contribution in [0.4, 0.5) is 0 Å². The summed E-state index contributed by atoms with van der Waals surface area (Å²) in [6.07, 6.45) is 1.79. The molecule has 0 atom stereocenters. The lowest BCUT2D eigenvalue weighted by atomic mass is 9.76. The molecule has 0 unspecified atom stereocenters. The van der Waals surface area contributed by atoms with E-state index in [2.05, 4.69) is 5.32 Å². The Kier molecular flexibility index (Phi) is 6.02. The number of methoxy groups -OCH3 is 1. The van der Waals surface area contributed by atoms with Crippen molar-refractivity contribution in [1.82, 2.24) is 5.32 Å². The van der Waals surface area contributed by atoms with Crippen LogP contribution in [-0.4, -0.2) is 49.0 Å². The van der Waals surface area contributed by atoms with Gasteiger partial charge < -0.3 is 24.5 Å². The van der Waals surface area contributed by atoms with Gasteiger partial charge in [0.05, 0.1) is 23.9 Å². The minimum Gasteiger partial charge on any atom is -0.496 e. The van der Waals surface area contributed by atoms with Crippen LogP contribution in [0.3, 0.4) is 0 Å². The molecule has 1 aromatic rings. The smallest absolute Gasteiger partial charge is 0.492 e. The largest absolute Gasteiger partial charge is 0.496 e. The molecule has 8 heteroatoms. The van der Waals surface area contributed by atoms with Crippen molar-refractivity contribution in [2.45, 2.75) is 45.8 Å². The molecular formula is C19H26BNO6. The third kappa shape index (κ3) is 4.70. The number of carbonyl (C=O) groups excluding carboxylic acids is 1. The summed E-state index contributed by atoms with van der Waals surface area (Å²) in [5.74, 6) is -0.800. The zero-order valence-corrected chi connectivity index (χ0v) is 16.6. The first-order chi connectivity index (χ1) is 12.5. The van der Waals surface area contributed by atoms with E-state index in [4.69, 9.17) is 19.2 Å². The summed E-state index contributed by atoms with van der Waals surface area (Å²) < 4.78 is 17.5. The van der Waals surface area contributed by atoms with Crippen molar-refractivity contribution in [3.63, 3.8) is 0 Å². The van der Waals surface area contributed by atoms with Crippen molar-refractivity contribution in [3.8, 4) is 5.75 Å². The fourth-order valence-electron chi connectivity index (χ4n) is 2.59. The highest BCUT2D eigenvalue weighted by Gasteiger charge is 2.52. The minimum atomic E-state index is -1.03. The maximum absolute atomic E-state index is 11.4. The van der Waals surface area contributed by atoms with Gasteiger partial charge in [-0.05, 0) is 45.3 Å². The summed E-state index contributed by atoms with van der Waals surface area (Å²) in [6.45, 7) is 9.47. The number of hydrogen-bond donors (Lipinski definition) is 2. The Bertz CT molecular complexity index is 755. The average Bonchev–Trinajstić information content (AvgIpc) is 2.78. The van der Waals surface area contributed by atoms with Gasteiger partial charge in [0.15, 0.2) is 0 Å². The number of carboxylic acids is 1. The van der Waals surface area contributed by atoms with Gasteiger partial charge in [-0.15, -0.1) is 0 Å². The lowest BCUT2D eigenvalue weighted by molar-refractivity contribution is -0.118. The van der Waals surface area contributed by atoms with Crippen LogP contribution in [0.1, 0.15) is 50.5 Å². The van der Waals surface area contributed by atoms with Gasteiger partial charge in [0.1, 0.15) is 5.75 Å². The van der Waals surface area contributed by atoms with E-state index >= 15 is 0 Å². The molecule has 1 aromatic carbocycles. The lowest BCUT2D eigenvalue weighted by Crippen LogP contribution is -2.41. The molecule has 146 valence electrons. The van der Waals surface area contributed by atoms with Crippen LogP contribution in [0.5, 0.6) is 5.75 Å². The molecule has 0 bridgehead atoms. The van der Waals surface area contributed by atoms with Crippen LogP contribution in [0.15, 0.2) is 23.7 Å². The number of carboxylic acid groups (broad SMARTS) is 1. The predicted molar refractivity (Wildman–Crippen MR) is 103 cm³/mol. The molecule has 7 nitrogen and oxygen atoms in total. The molecule has 0 saturated carbocycles. The van der Waals surface area contributed by atoms with Gasteiger partial charge in [-0.2, -0.15) is 0 Å². The van der Waals surface area contributed by atoms with Crippen molar-refractivity contribution < 1.29 is 28.7 Å². The second-order valence-electron chi connectivity index (χ2n) is 7.48. The van der Waals surface area contributed by atoms with E-state index in [1.165, 1.54) is 26.2 Å². The van der Waals surface area contributed by atoms with Crippen LogP contribution in [-0.2, 0) is 14.1 Å². The molecule has 2 rings (SSSR count). The van der Waals surface area contributed by atoms with Gasteiger partial charge in [0, 0.05) is 19.0 Å². The predicted octanol–water partition coefficient (Wildman–Crippen LogP) is 2.54. The Balaban J connectivity index is 2.42. The van der Waals surface area contributed by atoms with Gasteiger partial charge in [0.2, 0.25) is 5.91 Å². The molecule has 0 aromatic heterocycles. The standard InChI is InChI=1S/C19H26BNO6/c1-12(22)21-11-15(20-26-18(2,3)19(4,5)27-20)9-13-7-8-14(17(23)24)10-16(13)25-6/h7-10H,11H2,1-6H3,(H,21,22)(H,23,24). The first-order valence-electron chi connectivity index (χ1n) is 8.69. The third-order valence-electron chi connectivity index (χ3n) is 4.92. The van der Waals surface area contributed by atoms with Crippen molar-refractivity contribution >= 4 is 25.1 Å². The van der Waals surface area contributed by atoms with Crippen molar-refractivity contribution in [1.29, 1.82) is 0 Å². The summed E-state index contributed by atoms with van der Waals surface area (Å²) in [5.41, 5.74) is 0.444. The first kappa shape index (κ1) is 21.0. The molecule has 1 aliphatic rings. The summed E-state index contributed by atoms with van der Waals surface area (Å²) in [4.78, 5) is 22.6. The Hall–Kier alpha value is -2.32. The van der Waals surface area contributed by atoms with Crippen LogP contribution in [0.25, 0.3) is 6.08 Å². The second kappa shape index (κ2) is 7.74. The number of aromatic carboxylic acids is 1. The molecule has 0 aliphatic carbocycles. The number of carbonyl (C=O) groups is 2. The summed E-state index contributed by atoms with van der Waals surface area (Å²) in [7, 11) is 0.825. The quantitative estimate of drug-likeness (QED) is 0.743. The van der Waals surface area contributed by atoms with Crippen LogP contribution >= 0.6 is 0 Å². The molecule has 1 fully saturated rings. The normalized spacial score (nSPS) is 18.3. The van der Waals surface area contributed by atoms with E-state index in [0.717, 1.165) is 0 Å². The Labute approximate surface area is 159 Å². The Morgan fingerprint density at radius 3 is 2.30 bits per heavy atom. The number of benzene rings is 1. The van der Waals surface area contributed by atoms with E-state index in [-0.39, 0.29) is 18.0 Å². The molecule has 0 spiro atoms. The lowest BCUT2D eigenvalue weighted by Gasteiger charge is -2.32. The van der Waals surface area contributed by atoms with Crippen LogP contribution in [0.2, 0.25) is 0 Å². The summed E-state index contributed by atoms with van der Waals surface area (Å²) in [5, 5.41) is 11.9. The second-order valence-corrected chi connectivity index (χ2v) is 7.48. The number of rotatable bonds is 6. The van der Waals surface area contributed by atoms with Gasteiger partial charge in [0.25, 0.3) is 0 Å². The average molecular weight is 375 g/mol. The highest BCUT2D eigenvalue weighted by atomic mass is 16.7. The zero-order chi connectivity index (χ0) is 20.4. The zero-order valence-electron chi connectivity index (χ0n) is 16.6. The summed E-state index contributed by atoms with van der Waals surface area (Å²) in [6, 6.07) is 4.60. The Morgan fingerprint density at radius 2 is 1.81 bits per heavy atom. The van der Waals surface area contributed by atoms with Crippen molar-refractivity contribution in [2.75, 3.05) is 13.7 Å². The molecule has 0 radical (unpaired) electrons. The maximum Gasteiger partial charge on any atom is 0.492 e. The van der Waals surface area contributed by atoms with Gasteiger partial charge in [-0.1, -0.05) is 12.1 Å². The third-order valence-corrected chi connectivity index (χ3v) is 4.92. The molecular weight excluding hydrogens is 349 g/mol. The number of amides is 1. The fourth-order valence-corrected chi connectivity index (χ4v) is 2.59. The molecule has 1 saturated heterocycles. The van der Waals surface area contributed by atoms with E-state index in [1.807, 2.05) is 27.7 Å². The fraction of sp³-hybridized carbons (Fsp3) is 0.474. The first-order valence-corrected chi connectivity index (χ1v) is 8.69. The van der Waals surface area contributed by atoms with E-state index < -0.39 is 24.3 Å². The monoisotopic (exact) mass is 375 g/mol. The van der Waals surface area contributed by atoms with E-state index in [1.54, 1.807) is 12.1 Å². The summed E-state index contributed by atoms with van der Waals surface area (Å²) >= 11 is 0. The molecule has 1 heterocycles. The van der Waals surface area contributed by atoms with E-state index in [9.17, 15) is 9.59 Å². The van der Waals surface area contributed by atoms with Crippen molar-refractivity contribution in [2.24, 2.45) is 0 Å². The van der Waals surface area contributed by atoms with Crippen molar-refractivity contribution in [3.05, 3.63) is 34.8 Å². The van der Waals surface area contributed by atoms with E-state index in [0.29, 0.717) is 16.8 Å².